The summed E-state index contributed by atoms with van der Waals surface area (Å²) in [5, 5.41) is 7.70. The SMILES string of the molecule is O=C(C1CC2CCCCC2N1)N1CCC(c2nc(-c3ccccn3)no2)CC1. The van der Waals surface area contributed by atoms with E-state index in [1.807, 2.05) is 23.1 Å². The van der Waals surface area contributed by atoms with Crippen molar-refractivity contribution in [2.45, 2.75) is 62.9 Å². The largest absolute Gasteiger partial charge is 0.341 e. The average molecular weight is 381 g/mol. The lowest BCUT2D eigenvalue weighted by Crippen LogP contribution is -2.48. The third-order valence-electron chi connectivity index (χ3n) is 6.65. The minimum absolute atomic E-state index is 0.0174. The Balaban J connectivity index is 1.18. The number of nitrogens with one attached hydrogen (secondary N) is 1. The van der Waals surface area contributed by atoms with Crippen LogP contribution in [0.4, 0.5) is 0 Å². The van der Waals surface area contributed by atoms with Gasteiger partial charge in [-0.25, -0.2) is 0 Å². The first-order chi connectivity index (χ1) is 13.8. The molecule has 1 aliphatic carbocycles. The van der Waals surface area contributed by atoms with Crippen molar-refractivity contribution in [3.05, 3.63) is 30.3 Å². The lowest BCUT2D eigenvalue weighted by molar-refractivity contribution is -0.134. The molecular formula is C21H27N5O2. The Hall–Kier alpha value is -2.28. The molecule has 2 saturated heterocycles. The highest BCUT2D eigenvalue weighted by Gasteiger charge is 2.40. The number of fused-ring (bicyclic) bond motifs is 1. The average Bonchev–Trinajstić information content (AvgIpc) is 3.41. The van der Waals surface area contributed by atoms with Gasteiger partial charge in [0.25, 0.3) is 0 Å². The molecule has 1 N–H and O–H groups in total. The number of pyridine rings is 1. The van der Waals surface area contributed by atoms with E-state index in [1.165, 1.54) is 25.7 Å². The lowest BCUT2D eigenvalue weighted by atomic mass is 9.85. The zero-order valence-corrected chi connectivity index (χ0v) is 16.1. The minimum atomic E-state index is 0.0174. The van der Waals surface area contributed by atoms with Crippen molar-refractivity contribution in [1.29, 1.82) is 0 Å². The summed E-state index contributed by atoms with van der Waals surface area (Å²) in [5.74, 6) is 2.40. The molecule has 7 heteroatoms. The predicted octanol–water partition coefficient (Wildman–Crippen LogP) is 2.76. The molecule has 0 bridgehead atoms. The molecule has 0 spiro atoms. The molecule has 7 nitrogen and oxygen atoms in total. The van der Waals surface area contributed by atoms with E-state index in [0.29, 0.717) is 23.7 Å². The summed E-state index contributed by atoms with van der Waals surface area (Å²) >= 11 is 0. The molecule has 0 radical (unpaired) electrons. The van der Waals surface area contributed by atoms with Crippen molar-refractivity contribution < 1.29 is 9.32 Å². The van der Waals surface area contributed by atoms with Gasteiger partial charge < -0.3 is 14.7 Å². The first-order valence-corrected chi connectivity index (χ1v) is 10.6. The van der Waals surface area contributed by atoms with Crippen molar-refractivity contribution in [2.24, 2.45) is 5.92 Å². The number of hydrogen-bond donors (Lipinski definition) is 1. The number of carbonyl (C=O) groups is 1. The summed E-state index contributed by atoms with van der Waals surface area (Å²) in [5.41, 5.74) is 0.721. The van der Waals surface area contributed by atoms with Gasteiger partial charge in [-0.3, -0.25) is 9.78 Å². The first-order valence-electron chi connectivity index (χ1n) is 10.6. The van der Waals surface area contributed by atoms with E-state index >= 15 is 0 Å². The first kappa shape index (κ1) is 17.8. The molecule has 28 heavy (non-hydrogen) atoms. The monoisotopic (exact) mass is 381 g/mol. The maximum atomic E-state index is 13.0. The molecular weight excluding hydrogens is 354 g/mol. The van der Waals surface area contributed by atoms with Gasteiger partial charge in [-0.05, 0) is 50.2 Å². The van der Waals surface area contributed by atoms with Crippen LogP contribution in [0.3, 0.4) is 0 Å². The summed E-state index contributed by atoms with van der Waals surface area (Å²) in [6.07, 6.45) is 9.60. The highest BCUT2D eigenvalue weighted by atomic mass is 16.5. The second-order valence-electron chi connectivity index (χ2n) is 8.38. The van der Waals surface area contributed by atoms with E-state index in [4.69, 9.17) is 4.52 Å². The maximum Gasteiger partial charge on any atom is 0.239 e. The Labute approximate surface area is 164 Å². The van der Waals surface area contributed by atoms with Crippen LogP contribution in [0.2, 0.25) is 0 Å². The van der Waals surface area contributed by atoms with Gasteiger partial charge in [0, 0.05) is 31.2 Å². The number of likely N-dealkylation sites (tertiary alicyclic amines) is 1. The topological polar surface area (TPSA) is 84.2 Å². The Bertz CT molecular complexity index is 801. The van der Waals surface area contributed by atoms with Crippen LogP contribution in [-0.2, 0) is 4.79 Å². The summed E-state index contributed by atoms with van der Waals surface area (Å²) < 4.78 is 5.50. The van der Waals surface area contributed by atoms with Crippen molar-refractivity contribution in [3.63, 3.8) is 0 Å². The van der Waals surface area contributed by atoms with Gasteiger partial charge in [-0.2, -0.15) is 4.98 Å². The van der Waals surface area contributed by atoms with Crippen molar-refractivity contribution in [3.8, 4) is 11.5 Å². The zero-order valence-electron chi connectivity index (χ0n) is 16.1. The molecule has 3 atom stereocenters. The van der Waals surface area contributed by atoms with Gasteiger partial charge in [0.15, 0.2) is 0 Å². The van der Waals surface area contributed by atoms with E-state index in [9.17, 15) is 4.79 Å². The minimum Gasteiger partial charge on any atom is -0.341 e. The molecule has 2 aliphatic heterocycles. The molecule has 4 heterocycles. The van der Waals surface area contributed by atoms with E-state index in [-0.39, 0.29) is 17.9 Å². The van der Waals surface area contributed by atoms with Gasteiger partial charge in [0.2, 0.25) is 17.6 Å². The molecule has 2 aromatic rings. The number of nitrogens with zero attached hydrogens (tertiary/aromatic N) is 4. The van der Waals surface area contributed by atoms with Gasteiger partial charge in [0.1, 0.15) is 5.69 Å². The fourth-order valence-corrected chi connectivity index (χ4v) is 5.08. The zero-order chi connectivity index (χ0) is 18.9. The lowest BCUT2D eigenvalue weighted by Gasteiger charge is -2.32. The number of aromatic nitrogens is 3. The number of rotatable bonds is 3. The van der Waals surface area contributed by atoms with Crippen molar-refractivity contribution in [1.82, 2.24) is 25.3 Å². The fraction of sp³-hybridized carbons (Fsp3) is 0.619. The molecule has 3 aliphatic rings. The van der Waals surface area contributed by atoms with Crippen LogP contribution >= 0.6 is 0 Å². The highest BCUT2D eigenvalue weighted by Crippen LogP contribution is 2.35. The molecule has 3 fully saturated rings. The fourth-order valence-electron chi connectivity index (χ4n) is 5.08. The molecule has 148 valence electrons. The Morgan fingerprint density at radius 2 is 2.00 bits per heavy atom. The van der Waals surface area contributed by atoms with Gasteiger partial charge in [-0.1, -0.05) is 24.1 Å². The van der Waals surface area contributed by atoms with Crippen LogP contribution in [0.15, 0.2) is 28.9 Å². The second-order valence-corrected chi connectivity index (χ2v) is 8.38. The van der Waals surface area contributed by atoms with Crippen LogP contribution in [0, 0.1) is 5.92 Å². The molecule has 1 amide bonds. The van der Waals surface area contributed by atoms with Crippen LogP contribution in [-0.4, -0.2) is 51.1 Å². The Morgan fingerprint density at radius 1 is 1.14 bits per heavy atom. The predicted molar refractivity (Wildman–Crippen MR) is 103 cm³/mol. The Kier molecular flexibility index (Phi) is 4.84. The number of carbonyl (C=O) groups excluding carboxylic acids is 1. The van der Waals surface area contributed by atoms with Crippen molar-refractivity contribution >= 4 is 5.91 Å². The number of hydrogen-bond acceptors (Lipinski definition) is 6. The normalized spacial score (nSPS) is 28.3. The van der Waals surface area contributed by atoms with Crippen LogP contribution in [0.5, 0.6) is 0 Å². The summed E-state index contributed by atoms with van der Waals surface area (Å²) in [6, 6.07) is 6.23. The van der Waals surface area contributed by atoms with E-state index in [0.717, 1.165) is 38.0 Å². The van der Waals surface area contributed by atoms with E-state index in [1.54, 1.807) is 6.20 Å². The summed E-state index contributed by atoms with van der Waals surface area (Å²) in [7, 11) is 0. The van der Waals surface area contributed by atoms with E-state index < -0.39 is 0 Å². The van der Waals surface area contributed by atoms with Gasteiger partial charge in [0.05, 0.1) is 6.04 Å². The molecule has 3 unspecified atom stereocenters. The molecule has 2 aromatic heterocycles. The van der Waals surface area contributed by atoms with Crippen LogP contribution in [0.1, 0.15) is 56.8 Å². The van der Waals surface area contributed by atoms with Gasteiger partial charge >= 0.3 is 0 Å². The maximum absolute atomic E-state index is 13.0. The van der Waals surface area contributed by atoms with Gasteiger partial charge in [-0.15, -0.1) is 0 Å². The van der Waals surface area contributed by atoms with Crippen LogP contribution < -0.4 is 5.32 Å². The molecule has 0 aromatic carbocycles. The third kappa shape index (κ3) is 3.43. The smallest absolute Gasteiger partial charge is 0.239 e. The molecule has 1 saturated carbocycles. The van der Waals surface area contributed by atoms with Crippen molar-refractivity contribution in [2.75, 3.05) is 13.1 Å². The number of piperidine rings is 1. The summed E-state index contributed by atoms with van der Waals surface area (Å²) in [6.45, 7) is 1.52. The molecule has 5 rings (SSSR count). The van der Waals surface area contributed by atoms with Crippen LogP contribution in [0.25, 0.3) is 11.5 Å². The number of amides is 1. The third-order valence-corrected chi connectivity index (χ3v) is 6.65. The second kappa shape index (κ2) is 7.62. The standard InChI is InChI=1S/C21H27N5O2/c27-21(18-13-15-5-1-2-6-16(15)23-18)26-11-8-14(9-12-26)20-24-19(25-28-20)17-7-3-4-10-22-17/h3-4,7,10,14-16,18,23H,1-2,5-6,8-9,11-13H2. The highest BCUT2D eigenvalue weighted by molar-refractivity contribution is 5.82. The quantitative estimate of drug-likeness (QED) is 0.880. The Morgan fingerprint density at radius 3 is 2.79 bits per heavy atom. The van der Waals surface area contributed by atoms with E-state index in [2.05, 4.69) is 20.4 Å². The summed E-state index contributed by atoms with van der Waals surface area (Å²) in [4.78, 5) is 23.8.